The summed E-state index contributed by atoms with van der Waals surface area (Å²) >= 11 is 5.87. The fraction of sp³-hybridized carbons (Fsp3) is 0.556. The molecule has 0 spiro atoms. The van der Waals surface area contributed by atoms with Crippen molar-refractivity contribution in [3.63, 3.8) is 0 Å². The number of carbonyl (C=O) groups is 1. The Balaban J connectivity index is 2.24. The molecule has 0 saturated carbocycles. The van der Waals surface area contributed by atoms with Crippen molar-refractivity contribution in [3.05, 3.63) is 16.5 Å². The van der Waals surface area contributed by atoms with Gasteiger partial charge in [0.2, 0.25) is 0 Å². The van der Waals surface area contributed by atoms with Crippen molar-refractivity contribution < 1.29 is 19.2 Å². The third kappa shape index (κ3) is 1.98. The van der Waals surface area contributed by atoms with Crippen LogP contribution in [0.5, 0.6) is 0 Å². The molecule has 1 aromatic heterocycles. The quantitative estimate of drug-likeness (QED) is 0.842. The van der Waals surface area contributed by atoms with Crippen LogP contribution in [-0.2, 0) is 4.74 Å². The smallest absolute Gasteiger partial charge is 0.376 e. The first-order valence-electron chi connectivity index (χ1n) is 4.66. The minimum Gasteiger partial charge on any atom is -0.475 e. The highest BCUT2D eigenvalue weighted by Crippen LogP contribution is 2.33. The van der Waals surface area contributed by atoms with Gasteiger partial charge in [-0.25, -0.2) is 4.79 Å². The zero-order valence-electron chi connectivity index (χ0n) is 7.90. The van der Waals surface area contributed by atoms with Crippen LogP contribution in [0.4, 0.5) is 0 Å². The van der Waals surface area contributed by atoms with Crippen molar-refractivity contribution in [1.29, 1.82) is 0 Å². The molecule has 82 valence electrons. The van der Waals surface area contributed by atoms with Gasteiger partial charge in [-0.3, -0.25) is 0 Å². The van der Waals surface area contributed by atoms with E-state index in [-0.39, 0.29) is 16.7 Å². The molecule has 5 nitrogen and oxygen atoms in total. The van der Waals surface area contributed by atoms with Crippen LogP contribution in [0.3, 0.4) is 0 Å². The number of halogens is 1. The highest BCUT2D eigenvalue weighted by molar-refractivity contribution is 6.33. The average Bonchev–Trinajstić information content (AvgIpc) is 2.61. The molecule has 1 N–H and O–H groups in total. The maximum absolute atomic E-state index is 10.7. The van der Waals surface area contributed by atoms with Gasteiger partial charge in [0.1, 0.15) is 10.7 Å². The third-order valence-corrected chi connectivity index (χ3v) is 2.83. The predicted octanol–water partition coefficient (Wildman–Crippen LogP) is 1.92. The lowest BCUT2D eigenvalue weighted by Crippen LogP contribution is -2.14. The van der Waals surface area contributed by atoms with E-state index in [9.17, 15) is 4.79 Å². The Hall–Kier alpha value is -1.07. The first-order valence-corrected chi connectivity index (χ1v) is 5.04. The van der Waals surface area contributed by atoms with E-state index in [1.807, 2.05) is 0 Å². The Kier molecular flexibility index (Phi) is 2.93. The summed E-state index contributed by atoms with van der Waals surface area (Å²) < 4.78 is 9.89. The van der Waals surface area contributed by atoms with Crippen LogP contribution in [0.2, 0.25) is 5.02 Å². The lowest BCUT2D eigenvalue weighted by molar-refractivity contribution is 0.0651. The fourth-order valence-corrected chi connectivity index (χ4v) is 1.95. The molecule has 2 rings (SSSR count). The number of aromatic nitrogens is 1. The molecule has 1 fully saturated rings. The normalized spacial score (nSPS) is 17.9. The molecule has 0 atom stereocenters. The molecular formula is C9H10ClNO4. The zero-order chi connectivity index (χ0) is 10.8. The Bertz CT molecular complexity index is 370. The van der Waals surface area contributed by atoms with Crippen molar-refractivity contribution in [2.24, 2.45) is 0 Å². The van der Waals surface area contributed by atoms with E-state index in [2.05, 4.69) is 9.68 Å². The van der Waals surface area contributed by atoms with Crippen molar-refractivity contribution >= 4 is 17.6 Å². The Labute approximate surface area is 91.0 Å². The summed E-state index contributed by atoms with van der Waals surface area (Å²) in [6.07, 6.45) is 1.59. The van der Waals surface area contributed by atoms with Gasteiger partial charge < -0.3 is 14.4 Å². The molecular weight excluding hydrogens is 222 g/mol. The van der Waals surface area contributed by atoms with Gasteiger partial charge in [-0.1, -0.05) is 16.8 Å². The predicted molar refractivity (Wildman–Crippen MR) is 51.3 cm³/mol. The molecule has 0 unspecified atom stereocenters. The van der Waals surface area contributed by atoms with Crippen molar-refractivity contribution in [3.8, 4) is 0 Å². The van der Waals surface area contributed by atoms with Crippen molar-refractivity contribution in [1.82, 2.24) is 5.16 Å². The van der Waals surface area contributed by atoms with Gasteiger partial charge in [0.25, 0.3) is 5.76 Å². The molecule has 0 aromatic carbocycles. The molecule has 1 aliphatic rings. The van der Waals surface area contributed by atoms with Crippen molar-refractivity contribution in [2.75, 3.05) is 13.2 Å². The number of aromatic carboxylic acids is 1. The lowest BCUT2D eigenvalue weighted by atomic mass is 9.96. The molecule has 0 amide bonds. The van der Waals surface area contributed by atoms with Gasteiger partial charge in [0, 0.05) is 19.1 Å². The monoisotopic (exact) mass is 231 g/mol. The molecule has 0 radical (unpaired) electrons. The van der Waals surface area contributed by atoms with Gasteiger partial charge in [-0.05, 0) is 12.8 Å². The maximum Gasteiger partial charge on any atom is 0.376 e. The summed E-state index contributed by atoms with van der Waals surface area (Å²) in [5.74, 6) is -1.33. The van der Waals surface area contributed by atoms with Crippen LogP contribution in [0.15, 0.2) is 4.52 Å². The molecule has 0 aliphatic carbocycles. The second-order valence-corrected chi connectivity index (χ2v) is 3.78. The first kappa shape index (κ1) is 10.4. The van der Waals surface area contributed by atoms with Crippen LogP contribution < -0.4 is 0 Å². The number of carboxylic acid groups (broad SMARTS) is 1. The van der Waals surface area contributed by atoms with Gasteiger partial charge >= 0.3 is 5.97 Å². The van der Waals surface area contributed by atoms with E-state index >= 15 is 0 Å². The van der Waals surface area contributed by atoms with E-state index in [0.29, 0.717) is 18.9 Å². The van der Waals surface area contributed by atoms with E-state index in [1.54, 1.807) is 0 Å². The van der Waals surface area contributed by atoms with Crippen LogP contribution in [0.25, 0.3) is 0 Å². The number of hydrogen-bond acceptors (Lipinski definition) is 4. The molecule has 6 heteroatoms. The first-order chi connectivity index (χ1) is 7.20. The van der Waals surface area contributed by atoms with Crippen LogP contribution in [0.1, 0.15) is 35.0 Å². The summed E-state index contributed by atoms with van der Waals surface area (Å²) in [4.78, 5) is 10.7. The molecule has 1 aromatic rings. The third-order valence-electron chi connectivity index (χ3n) is 2.46. The van der Waals surface area contributed by atoms with Gasteiger partial charge in [0.05, 0.1) is 0 Å². The summed E-state index contributed by atoms with van der Waals surface area (Å²) in [5, 5.41) is 12.6. The second-order valence-electron chi connectivity index (χ2n) is 3.40. The lowest BCUT2D eigenvalue weighted by Gasteiger charge is -2.19. The summed E-state index contributed by atoms with van der Waals surface area (Å²) in [7, 11) is 0. The van der Waals surface area contributed by atoms with Gasteiger partial charge in [0.15, 0.2) is 0 Å². The van der Waals surface area contributed by atoms with Gasteiger partial charge in [-0.2, -0.15) is 0 Å². The number of carboxylic acids is 1. The summed E-state index contributed by atoms with van der Waals surface area (Å²) in [6.45, 7) is 1.30. The molecule has 15 heavy (non-hydrogen) atoms. The Morgan fingerprint density at radius 2 is 2.13 bits per heavy atom. The summed E-state index contributed by atoms with van der Waals surface area (Å²) in [5.41, 5.74) is 0.539. The number of nitrogens with zero attached hydrogens (tertiary/aromatic N) is 1. The maximum atomic E-state index is 10.7. The van der Waals surface area contributed by atoms with E-state index in [4.69, 9.17) is 21.4 Å². The number of ether oxygens (including phenoxy) is 1. The van der Waals surface area contributed by atoms with Crippen molar-refractivity contribution in [2.45, 2.75) is 18.8 Å². The largest absolute Gasteiger partial charge is 0.475 e. The number of hydrogen-bond donors (Lipinski definition) is 1. The SMILES string of the molecule is O=C(O)c1onc(C2CCOCC2)c1Cl. The van der Waals surface area contributed by atoms with Crippen LogP contribution in [0, 0.1) is 0 Å². The van der Waals surface area contributed by atoms with E-state index in [1.165, 1.54) is 0 Å². The van der Waals surface area contributed by atoms with E-state index < -0.39 is 5.97 Å². The topological polar surface area (TPSA) is 72.6 Å². The minimum absolute atomic E-state index is 0.120. The van der Waals surface area contributed by atoms with E-state index in [0.717, 1.165) is 12.8 Å². The highest BCUT2D eigenvalue weighted by atomic mass is 35.5. The Morgan fingerprint density at radius 1 is 1.47 bits per heavy atom. The molecule has 1 saturated heterocycles. The standard InChI is InChI=1S/C9H10ClNO4/c10-6-7(5-1-3-14-4-2-5)11-15-8(6)9(12)13/h5H,1-4H2,(H,12,13). The highest BCUT2D eigenvalue weighted by Gasteiger charge is 2.27. The molecule has 1 aliphatic heterocycles. The van der Waals surface area contributed by atoms with Crippen LogP contribution >= 0.6 is 11.6 Å². The average molecular weight is 232 g/mol. The molecule has 2 heterocycles. The van der Waals surface area contributed by atoms with Crippen LogP contribution in [-0.4, -0.2) is 29.4 Å². The Morgan fingerprint density at radius 3 is 2.67 bits per heavy atom. The van der Waals surface area contributed by atoms with Gasteiger partial charge in [-0.15, -0.1) is 0 Å². The molecule has 0 bridgehead atoms. The minimum atomic E-state index is -1.19. The second kappa shape index (κ2) is 4.20. The fourth-order valence-electron chi connectivity index (χ4n) is 1.65. The summed E-state index contributed by atoms with van der Waals surface area (Å²) in [6, 6.07) is 0. The zero-order valence-corrected chi connectivity index (χ0v) is 8.66. The number of rotatable bonds is 2.